The summed E-state index contributed by atoms with van der Waals surface area (Å²) >= 11 is 3.16. The van der Waals surface area contributed by atoms with Crippen LogP contribution in [0.15, 0.2) is 22.7 Å². The molecular formula is C12H11BrFNO2. The van der Waals surface area contributed by atoms with E-state index in [4.69, 9.17) is 0 Å². The van der Waals surface area contributed by atoms with Crippen LogP contribution in [0.2, 0.25) is 0 Å². The molecule has 3 nitrogen and oxygen atoms in total. The zero-order valence-electron chi connectivity index (χ0n) is 9.08. The van der Waals surface area contributed by atoms with Crippen LogP contribution in [-0.2, 0) is 4.79 Å². The molecule has 1 aromatic carbocycles. The van der Waals surface area contributed by atoms with Gasteiger partial charge in [-0.1, -0.05) is 0 Å². The lowest BCUT2D eigenvalue weighted by Crippen LogP contribution is -2.40. The maximum atomic E-state index is 12.9. The van der Waals surface area contributed by atoms with Crippen molar-refractivity contribution >= 4 is 27.6 Å². The molecular weight excluding hydrogens is 289 g/mol. The summed E-state index contributed by atoms with van der Waals surface area (Å²) in [6, 6.07) is 3.92. The molecule has 0 spiro atoms. The summed E-state index contributed by atoms with van der Waals surface area (Å²) < 4.78 is 13.3. The minimum absolute atomic E-state index is 0.0721. The highest BCUT2D eigenvalue weighted by molar-refractivity contribution is 9.10. The van der Waals surface area contributed by atoms with E-state index in [1.165, 1.54) is 23.1 Å². The fraction of sp³-hybridized carbons (Fsp3) is 0.333. The van der Waals surface area contributed by atoms with Crippen molar-refractivity contribution < 1.29 is 14.0 Å². The van der Waals surface area contributed by atoms with Crippen LogP contribution in [0, 0.1) is 5.82 Å². The zero-order valence-corrected chi connectivity index (χ0v) is 10.7. The van der Waals surface area contributed by atoms with Crippen LogP contribution in [0.25, 0.3) is 0 Å². The molecule has 1 aliphatic rings. The van der Waals surface area contributed by atoms with Gasteiger partial charge < -0.3 is 4.90 Å². The lowest BCUT2D eigenvalue weighted by atomic mass is 10.1. The normalized spacial score (nSPS) is 16.1. The summed E-state index contributed by atoms with van der Waals surface area (Å²) in [4.78, 5) is 24.9. The van der Waals surface area contributed by atoms with Crippen molar-refractivity contribution in [3.63, 3.8) is 0 Å². The highest BCUT2D eigenvalue weighted by Crippen LogP contribution is 2.21. The number of carbonyl (C=O) groups is 2. The first-order chi connectivity index (χ1) is 8.08. The molecule has 0 aromatic heterocycles. The van der Waals surface area contributed by atoms with Gasteiger partial charge in [-0.25, -0.2) is 4.39 Å². The molecule has 1 saturated heterocycles. The SMILES string of the molecule is O=C1CCCN(C(=O)c2ccc(F)cc2Br)C1. The van der Waals surface area contributed by atoms with Gasteiger partial charge in [-0.3, -0.25) is 9.59 Å². The summed E-state index contributed by atoms with van der Waals surface area (Å²) in [5.74, 6) is -0.559. The summed E-state index contributed by atoms with van der Waals surface area (Å²) in [6.45, 7) is 0.733. The third-order valence-corrected chi connectivity index (χ3v) is 3.36. The van der Waals surface area contributed by atoms with Gasteiger partial charge >= 0.3 is 0 Å². The number of benzene rings is 1. The van der Waals surface area contributed by atoms with E-state index in [1.807, 2.05) is 0 Å². The number of nitrogens with zero attached hydrogens (tertiary/aromatic N) is 1. The summed E-state index contributed by atoms with van der Waals surface area (Å²) in [7, 11) is 0. The van der Waals surface area contributed by atoms with Gasteiger partial charge in [0.05, 0.1) is 12.1 Å². The molecule has 0 bridgehead atoms. The predicted octanol–water partition coefficient (Wildman–Crippen LogP) is 2.39. The van der Waals surface area contributed by atoms with Gasteiger partial charge in [-0.05, 0) is 40.5 Å². The number of piperidine rings is 1. The van der Waals surface area contributed by atoms with Gasteiger partial charge in [0.2, 0.25) is 0 Å². The Hall–Kier alpha value is -1.23. The van der Waals surface area contributed by atoms with Gasteiger partial charge in [0.1, 0.15) is 5.82 Å². The Morgan fingerprint density at radius 3 is 2.82 bits per heavy atom. The van der Waals surface area contributed by atoms with Gasteiger partial charge in [0, 0.05) is 17.4 Å². The third-order valence-electron chi connectivity index (χ3n) is 2.70. The minimum atomic E-state index is -0.400. The minimum Gasteiger partial charge on any atom is -0.331 e. The number of halogens is 2. The van der Waals surface area contributed by atoms with Crippen molar-refractivity contribution in [1.29, 1.82) is 0 Å². The predicted molar refractivity (Wildman–Crippen MR) is 64.2 cm³/mol. The van der Waals surface area contributed by atoms with Crippen molar-refractivity contribution in [3.05, 3.63) is 34.1 Å². The van der Waals surface area contributed by atoms with Crippen LogP contribution < -0.4 is 0 Å². The number of hydrogen-bond donors (Lipinski definition) is 0. The first-order valence-electron chi connectivity index (χ1n) is 5.34. The smallest absolute Gasteiger partial charge is 0.255 e. The number of hydrogen-bond acceptors (Lipinski definition) is 2. The van der Waals surface area contributed by atoms with E-state index < -0.39 is 5.82 Å². The molecule has 0 radical (unpaired) electrons. The van der Waals surface area contributed by atoms with Crippen LogP contribution in [0.5, 0.6) is 0 Å². The number of rotatable bonds is 1. The third kappa shape index (κ3) is 2.72. The maximum absolute atomic E-state index is 12.9. The lowest BCUT2D eigenvalue weighted by molar-refractivity contribution is -0.121. The van der Waals surface area contributed by atoms with Crippen molar-refractivity contribution in [2.24, 2.45) is 0 Å². The van der Waals surface area contributed by atoms with Gasteiger partial charge in [-0.2, -0.15) is 0 Å². The highest BCUT2D eigenvalue weighted by Gasteiger charge is 2.23. The fourth-order valence-electron chi connectivity index (χ4n) is 1.84. The van der Waals surface area contributed by atoms with Gasteiger partial charge in [-0.15, -0.1) is 0 Å². The molecule has 1 aliphatic heterocycles. The Morgan fingerprint density at radius 1 is 1.41 bits per heavy atom. The van der Waals surface area contributed by atoms with E-state index in [0.717, 1.165) is 0 Å². The number of ketones is 1. The Labute approximate surface area is 107 Å². The molecule has 0 aliphatic carbocycles. The van der Waals surface area contributed by atoms with E-state index in [2.05, 4.69) is 15.9 Å². The lowest BCUT2D eigenvalue weighted by Gasteiger charge is -2.26. The number of amides is 1. The summed E-state index contributed by atoms with van der Waals surface area (Å²) in [6.07, 6.45) is 1.23. The van der Waals surface area contributed by atoms with E-state index in [1.54, 1.807) is 0 Å². The Bertz CT molecular complexity index is 476. The Morgan fingerprint density at radius 2 is 2.18 bits per heavy atom. The molecule has 2 rings (SSSR count). The summed E-state index contributed by atoms with van der Waals surface area (Å²) in [5, 5.41) is 0. The van der Waals surface area contributed by atoms with Crippen LogP contribution in [0.3, 0.4) is 0 Å². The molecule has 1 amide bonds. The summed E-state index contributed by atoms with van der Waals surface area (Å²) in [5.41, 5.74) is 0.390. The van der Waals surface area contributed by atoms with Gasteiger partial charge in [0.25, 0.3) is 5.91 Å². The molecule has 90 valence electrons. The van der Waals surface area contributed by atoms with Crippen LogP contribution >= 0.6 is 15.9 Å². The molecule has 5 heteroatoms. The quantitative estimate of drug-likeness (QED) is 0.798. The van der Waals surface area contributed by atoms with Crippen LogP contribution in [0.1, 0.15) is 23.2 Å². The molecule has 17 heavy (non-hydrogen) atoms. The van der Waals surface area contributed by atoms with Crippen molar-refractivity contribution in [2.45, 2.75) is 12.8 Å². The van der Waals surface area contributed by atoms with Crippen molar-refractivity contribution in [1.82, 2.24) is 4.90 Å². The zero-order chi connectivity index (χ0) is 12.4. The van der Waals surface area contributed by atoms with Crippen LogP contribution in [0.4, 0.5) is 4.39 Å². The number of likely N-dealkylation sites (tertiary alicyclic amines) is 1. The Kier molecular flexibility index (Phi) is 3.57. The number of carbonyl (C=O) groups excluding carboxylic acids is 2. The Balaban J connectivity index is 2.21. The van der Waals surface area contributed by atoms with E-state index in [9.17, 15) is 14.0 Å². The molecule has 1 fully saturated rings. The van der Waals surface area contributed by atoms with E-state index >= 15 is 0 Å². The molecule has 1 aromatic rings. The topological polar surface area (TPSA) is 37.4 Å². The second kappa shape index (κ2) is 4.96. The highest BCUT2D eigenvalue weighted by atomic mass is 79.9. The second-order valence-electron chi connectivity index (χ2n) is 3.99. The first-order valence-corrected chi connectivity index (χ1v) is 6.13. The monoisotopic (exact) mass is 299 g/mol. The number of Topliss-reactive ketones (excluding diaryl/α,β-unsaturated/α-hetero) is 1. The first kappa shape index (κ1) is 12.2. The van der Waals surface area contributed by atoms with Gasteiger partial charge in [0.15, 0.2) is 5.78 Å². The van der Waals surface area contributed by atoms with Crippen molar-refractivity contribution in [3.8, 4) is 0 Å². The molecule has 0 atom stereocenters. The average molecular weight is 300 g/mol. The molecule has 0 saturated carbocycles. The second-order valence-corrected chi connectivity index (χ2v) is 4.85. The standard InChI is InChI=1S/C12H11BrFNO2/c13-11-6-8(14)3-4-10(11)12(17)15-5-1-2-9(16)7-15/h3-4,6H,1-2,5,7H2. The molecule has 0 N–H and O–H groups in total. The average Bonchev–Trinajstić information content (AvgIpc) is 2.28. The van der Waals surface area contributed by atoms with E-state index in [0.29, 0.717) is 29.4 Å². The molecule has 1 heterocycles. The van der Waals surface area contributed by atoms with Crippen molar-refractivity contribution in [2.75, 3.05) is 13.1 Å². The van der Waals surface area contributed by atoms with Crippen LogP contribution in [-0.4, -0.2) is 29.7 Å². The largest absolute Gasteiger partial charge is 0.331 e. The maximum Gasteiger partial charge on any atom is 0.255 e. The van der Waals surface area contributed by atoms with E-state index in [-0.39, 0.29) is 18.2 Å². The molecule has 0 unspecified atom stereocenters. The fourth-order valence-corrected chi connectivity index (χ4v) is 2.37.